The third-order valence-electron chi connectivity index (χ3n) is 0.727. The molecule has 0 saturated carbocycles. The smallest absolute Gasteiger partial charge is 0.271 e. The first-order chi connectivity index (χ1) is 4.87. The Bertz CT molecular complexity index is 186. The van der Waals surface area contributed by atoms with E-state index in [-0.39, 0.29) is 0 Å². The van der Waals surface area contributed by atoms with Crippen molar-refractivity contribution in [3.05, 3.63) is 21.9 Å². The molecule has 0 spiro atoms. The SMILES string of the molecule is O=[N+]([O-])C(=CC(Cl)(Cl)Cl)CO. The number of hydrogen-bond donors (Lipinski definition) is 1. The van der Waals surface area contributed by atoms with Crippen LogP contribution in [0.25, 0.3) is 0 Å². The summed E-state index contributed by atoms with van der Waals surface area (Å²) in [5.41, 5.74) is -0.537. The van der Waals surface area contributed by atoms with E-state index in [1.807, 2.05) is 0 Å². The molecule has 0 atom stereocenters. The van der Waals surface area contributed by atoms with Crippen LogP contribution in [0.15, 0.2) is 11.8 Å². The van der Waals surface area contributed by atoms with Crippen molar-refractivity contribution in [1.82, 2.24) is 0 Å². The molecule has 1 N–H and O–H groups in total. The molecule has 0 saturated heterocycles. The third-order valence-corrected chi connectivity index (χ3v) is 1.05. The highest BCUT2D eigenvalue weighted by Crippen LogP contribution is 2.28. The molecule has 0 bridgehead atoms. The Morgan fingerprint density at radius 3 is 2.18 bits per heavy atom. The Morgan fingerprint density at radius 1 is 1.64 bits per heavy atom. The molecule has 0 heterocycles. The minimum Gasteiger partial charge on any atom is -0.385 e. The Labute approximate surface area is 77.5 Å². The van der Waals surface area contributed by atoms with Gasteiger partial charge in [0.15, 0.2) is 0 Å². The molecule has 0 unspecified atom stereocenters. The maximum absolute atomic E-state index is 10.0. The minimum absolute atomic E-state index is 0.537. The summed E-state index contributed by atoms with van der Waals surface area (Å²) in [6.07, 6.45) is 0.748. The lowest BCUT2D eigenvalue weighted by atomic mass is 10.4. The van der Waals surface area contributed by atoms with Gasteiger partial charge in [-0.15, -0.1) is 0 Å². The lowest BCUT2D eigenvalue weighted by molar-refractivity contribution is -0.430. The van der Waals surface area contributed by atoms with Crippen LogP contribution in [-0.4, -0.2) is 20.4 Å². The van der Waals surface area contributed by atoms with E-state index in [0.29, 0.717) is 0 Å². The lowest BCUT2D eigenvalue weighted by Gasteiger charge is -2.02. The van der Waals surface area contributed by atoms with Gasteiger partial charge < -0.3 is 5.11 Å². The average molecular weight is 220 g/mol. The summed E-state index contributed by atoms with van der Waals surface area (Å²) in [6.45, 7) is -0.763. The van der Waals surface area contributed by atoms with E-state index in [1.54, 1.807) is 0 Å². The number of hydrogen-bond acceptors (Lipinski definition) is 3. The molecule has 0 amide bonds. The first kappa shape index (κ1) is 11.0. The Balaban J connectivity index is 4.49. The summed E-state index contributed by atoms with van der Waals surface area (Å²) in [7, 11) is 0. The van der Waals surface area contributed by atoms with Gasteiger partial charge in [0.05, 0.1) is 4.92 Å². The van der Waals surface area contributed by atoms with E-state index in [0.717, 1.165) is 6.08 Å². The number of alkyl halides is 3. The predicted molar refractivity (Wildman–Crippen MR) is 42.5 cm³/mol. The third kappa shape index (κ3) is 5.26. The molecule has 0 rings (SSSR count). The van der Waals surface area contributed by atoms with Gasteiger partial charge in [-0.3, -0.25) is 10.1 Å². The zero-order valence-corrected chi connectivity index (χ0v) is 7.40. The van der Waals surface area contributed by atoms with Crippen LogP contribution >= 0.6 is 34.8 Å². The molecule has 0 radical (unpaired) electrons. The fourth-order valence-corrected chi connectivity index (χ4v) is 0.723. The van der Waals surface area contributed by atoms with Crippen molar-refractivity contribution in [2.24, 2.45) is 0 Å². The standard InChI is InChI=1S/C4H4Cl3NO3/c5-4(6,7)1-3(2-9)8(10)11/h1,9H,2H2. The fourth-order valence-electron chi connectivity index (χ4n) is 0.345. The number of aliphatic hydroxyl groups excluding tert-OH is 1. The topological polar surface area (TPSA) is 63.4 Å². The second kappa shape index (κ2) is 4.11. The van der Waals surface area contributed by atoms with Crippen LogP contribution in [0.2, 0.25) is 0 Å². The second-order valence-electron chi connectivity index (χ2n) is 1.59. The lowest BCUT2D eigenvalue weighted by Crippen LogP contribution is -2.08. The summed E-state index contributed by atoms with van der Waals surface area (Å²) in [5.74, 6) is 0. The van der Waals surface area contributed by atoms with Gasteiger partial charge in [0.2, 0.25) is 3.79 Å². The highest BCUT2D eigenvalue weighted by Gasteiger charge is 2.22. The molecule has 11 heavy (non-hydrogen) atoms. The molecule has 0 aromatic carbocycles. The van der Waals surface area contributed by atoms with E-state index >= 15 is 0 Å². The van der Waals surface area contributed by atoms with Crippen LogP contribution in [0.5, 0.6) is 0 Å². The van der Waals surface area contributed by atoms with Crippen molar-refractivity contribution >= 4 is 34.8 Å². The molecule has 0 aromatic rings. The Hall–Kier alpha value is -0.0300. The van der Waals surface area contributed by atoms with Gasteiger partial charge in [-0.25, -0.2) is 0 Å². The van der Waals surface area contributed by atoms with Gasteiger partial charge in [-0.2, -0.15) is 0 Å². The molecule has 0 aliphatic carbocycles. The van der Waals surface area contributed by atoms with E-state index in [2.05, 4.69) is 0 Å². The van der Waals surface area contributed by atoms with Crippen molar-refractivity contribution in [3.8, 4) is 0 Å². The van der Waals surface area contributed by atoms with Gasteiger partial charge in [-0.05, 0) is 0 Å². The zero-order valence-electron chi connectivity index (χ0n) is 5.13. The molecule has 7 heteroatoms. The number of nitro groups is 1. The predicted octanol–water partition coefficient (Wildman–Crippen LogP) is 1.51. The number of nitrogens with zero attached hydrogens (tertiary/aromatic N) is 1. The van der Waals surface area contributed by atoms with Gasteiger partial charge in [0, 0.05) is 6.08 Å². The first-order valence-corrected chi connectivity index (χ1v) is 3.54. The van der Waals surface area contributed by atoms with Gasteiger partial charge in [0.25, 0.3) is 5.70 Å². The highest BCUT2D eigenvalue weighted by molar-refractivity contribution is 6.68. The number of aliphatic hydroxyl groups is 1. The van der Waals surface area contributed by atoms with E-state index < -0.39 is 21.0 Å². The molecule has 4 nitrogen and oxygen atoms in total. The monoisotopic (exact) mass is 219 g/mol. The van der Waals surface area contributed by atoms with Crippen LogP contribution in [-0.2, 0) is 0 Å². The van der Waals surface area contributed by atoms with Crippen LogP contribution in [0.3, 0.4) is 0 Å². The van der Waals surface area contributed by atoms with Crippen LogP contribution in [0.1, 0.15) is 0 Å². The van der Waals surface area contributed by atoms with Gasteiger partial charge in [0.1, 0.15) is 6.61 Å². The normalized spacial score (nSPS) is 13.3. The van der Waals surface area contributed by atoms with Crippen molar-refractivity contribution in [1.29, 1.82) is 0 Å². The molecule has 0 aliphatic heterocycles. The number of halogens is 3. The summed E-state index contributed by atoms with van der Waals surface area (Å²) in [4.78, 5) is 9.19. The average Bonchev–Trinajstić information content (AvgIpc) is 1.80. The van der Waals surface area contributed by atoms with E-state index in [1.165, 1.54) is 0 Å². The summed E-state index contributed by atoms with van der Waals surface area (Å²) in [5, 5.41) is 18.4. The van der Waals surface area contributed by atoms with Crippen molar-refractivity contribution in [2.45, 2.75) is 3.79 Å². The molecule has 0 fully saturated rings. The van der Waals surface area contributed by atoms with Crippen LogP contribution in [0, 0.1) is 10.1 Å². The highest BCUT2D eigenvalue weighted by atomic mass is 35.6. The van der Waals surface area contributed by atoms with Crippen LogP contribution in [0.4, 0.5) is 0 Å². The summed E-state index contributed by atoms with van der Waals surface area (Å²) < 4.78 is -1.84. The van der Waals surface area contributed by atoms with Crippen molar-refractivity contribution in [2.75, 3.05) is 6.61 Å². The minimum atomic E-state index is -1.84. The maximum atomic E-state index is 10.0. The van der Waals surface area contributed by atoms with Gasteiger partial charge in [-0.1, -0.05) is 34.8 Å². The fraction of sp³-hybridized carbons (Fsp3) is 0.500. The quantitative estimate of drug-likeness (QED) is 0.436. The molecule has 0 aromatic heterocycles. The Morgan fingerprint density at radius 2 is 2.09 bits per heavy atom. The van der Waals surface area contributed by atoms with E-state index in [9.17, 15) is 10.1 Å². The van der Waals surface area contributed by atoms with Crippen molar-refractivity contribution < 1.29 is 10.0 Å². The second-order valence-corrected chi connectivity index (χ2v) is 3.96. The molecule has 64 valence electrons. The molecular formula is C4H4Cl3NO3. The Kier molecular flexibility index (Phi) is 4.10. The van der Waals surface area contributed by atoms with Crippen molar-refractivity contribution in [3.63, 3.8) is 0 Å². The van der Waals surface area contributed by atoms with E-state index in [4.69, 9.17) is 39.9 Å². The summed E-state index contributed by atoms with van der Waals surface area (Å²) in [6, 6.07) is 0. The number of rotatable bonds is 2. The number of allylic oxidation sites excluding steroid dienone is 1. The maximum Gasteiger partial charge on any atom is 0.271 e. The first-order valence-electron chi connectivity index (χ1n) is 2.40. The largest absolute Gasteiger partial charge is 0.385 e. The molecular weight excluding hydrogens is 216 g/mol. The van der Waals surface area contributed by atoms with Crippen LogP contribution < -0.4 is 0 Å². The summed E-state index contributed by atoms with van der Waals surface area (Å²) >= 11 is 15.6. The van der Waals surface area contributed by atoms with Gasteiger partial charge >= 0.3 is 0 Å². The zero-order chi connectivity index (χ0) is 9.07. The molecule has 0 aliphatic rings.